The Kier molecular flexibility index (Phi) is 4.09. The number of benzene rings is 1. The normalized spacial score (nSPS) is 19.9. The number of hydrogen-bond acceptors (Lipinski definition) is 3. The molecule has 0 spiro atoms. The van der Waals surface area contributed by atoms with Crippen molar-refractivity contribution in [1.82, 2.24) is 15.2 Å². The van der Waals surface area contributed by atoms with Crippen LogP contribution in [0.4, 0.5) is 0 Å². The second-order valence-corrected chi connectivity index (χ2v) is 5.45. The average Bonchev–Trinajstić information content (AvgIpc) is 2.51. The summed E-state index contributed by atoms with van der Waals surface area (Å²) < 4.78 is 0. The topological polar surface area (TPSA) is 28.2 Å². The van der Waals surface area contributed by atoms with Crippen LogP contribution >= 0.6 is 0 Å². The maximum absolute atomic E-state index is 4.25. The molecular weight excluding hydrogens is 246 g/mol. The lowest BCUT2D eigenvalue weighted by Crippen LogP contribution is -2.45. The first-order valence-corrected chi connectivity index (χ1v) is 7.23. The van der Waals surface area contributed by atoms with Crippen molar-refractivity contribution in [2.24, 2.45) is 0 Å². The highest BCUT2D eigenvalue weighted by molar-refractivity contribution is 5.22. The Labute approximate surface area is 120 Å². The van der Waals surface area contributed by atoms with Gasteiger partial charge in [0.2, 0.25) is 0 Å². The smallest absolute Gasteiger partial charge is 0.0449 e. The third-order valence-corrected chi connectivity index (χ3v) is 4.00. The van der Waals surface area contributed by atoms with Gasteiger partial charge in [-0.2, -0.15) is 0 Å². The van der Waals surface area contributed by atoms with E-state index in [-0.39, 0.29) is 0 Å². The zero-order chi connectivity index (χ0) is 13.8. The number of pyridine rings is 1. The van der Waals surface area contributed by atoms with Gasteiger partial charge in [0, 0.05) is 44.6 Å². The zero-order valence-electron chi connectivity index (χ0n) is 11.9. The maximum atomic E-state index is 4.25. The monoisotopic (exact) mass is 267 g/mol. The van der Waals surface area contributed by atoms with E-state index in [1.165, 1.54) is 16.7 Å². The standard InChI is InChI=1S/C17H21N3/c1-14-7-8-18-11-16(14)12-20-10-9-19-17(13-20)15-5-3-2-4-6-15/h2-8,11,17,19H,9-10,12-13H2,1H3. The molecule has 1 saturated heterocycles. The summed E-state index contributed by atoms with van der Waals surface area (Å²) in [6, 6.07) is 13.2. The quantitative estimate of drug-likeness (QED) is 0.926. The van der Waals surface area contributed by atoms with Crippen LogP contribution in [0.15, 0.2) is 48.8 Å². The van der Waals surface area contributed by atoms with E-state index >= 15 is 0 Å². The van der Waals surface area contributed by atoms with Gasteiger partial charge in [-0.05, 0) is 29.7 Å². The minimum absolute atomic E-state index is 0.432. The van der Waals surface area contributed by atoms with Gasteiger partial charge < -0.3 is 5.32 Å². The van der Waals surface area contributed by atoms with Gasteiger partial charge in [-0.1, -0.05) is 30.3 Å². The average molecular weight is 267 g/mol. The van der Waals surface area contributed by atoms with E-state index in [0.717, 1.165) is 26.2 Å². The summed E-state index contributed by atoms with van der Waals surface area (Å²) >= 11 is 0. The van der Waals surface area contributed by atoms with Gasteiger partial charge in [0.15, 0.2) is 0 Å². The predicted molar refractivity (Wildman–Crippen MR) is 81.4 cm³/mol. The second-order valence-electron chi connectivity index (χ2n) is 5.45. The molecule has 3 rings (SSSR count). The summed E-state index contributed by atoms with van der Waals surface area (Å²) in [7, 11) is 0. The third-order valence-electron chi connectivity index (χ3n) is 4.00. The SMILES string of the molecule is Cc1ccncc1CN1CCNC(c2ccccc2)C1. The maximum Gasteiger partial charge on any atom is 0.0449 e. The molecule has 1 aromatic carbocycles. The number of aromatic nitrogens is 1. The summed E-state index contributed by atoms with van der Waals surface area (Å²) in [5.41, 5.74) is 4.04. The predicted octanol–water partition coefficient (Wildman–Crippen LogP) is 2.54. The highest BCUT2D eigenvalue weighted by Gasteiger charge is 2.20. The third kappa shape index (κ3) is 3.06. The lowest BCUT2D eigenvalue weighted by molar-refractivity contribution is 0.193. The van der Waals surface area contributed by atoms with Gasteiger partial charge in [-0.25, -0.2) is 0 Å². The Balaban J connectivity index is 1.68. The fourth-order valence-corrected chi connectivity index (χ4v) is 2.77. The van der Waals surface area contributed by atoms with Crippen LogP contribution in [0, 0.1) is 6.92 Å². The molecule has 0 radical (unpaired) electrons. The Morgan fingerprint density at radius 3 is 2.90 bits per heavy atom. The molecule has 0 amide bonds. The number of hydrogen-bond donors (Lipinski definition) is 1. The fraction of sp³-hybridized carbons (Fsp3) is 0.353. The highest BCUT2D eigenvalue weighted by atomic mass is 15.2. The molecule has 3 nitrogen and oxygen atoms in total. The lowest BCUT2D eigenvalue weighted by Gasteiger charge is -2.34. The largest absolute Gasteiger partial charge is 0.308 e. The number of nitrogens with zero attached hydrogens (tertiary/aromatic N) is 2. The molecule has 0 bridgehead atoms. The molecule has 3 heteroatoms. The molecule has 0 saturated carbocycles. The van der Waals surface area contributed by atoms with Crippen LogP contribution in [0.5, 0.6) is 0 Å². The molecule has 1 aliphatic rings. The van der Waals surface area contributed by atoms with Crippen molar-refractivity contribution in [2.75, 3.05) is 19.6 Å². The van der Waals surface area contributed by atoms with Crippen molar-refractivity contribution in [2.45, 2.75) is 19.5 Å². The second kappa shape index (κ2) is 6.16. The van der Waals surface area contributed by atoms with E-state index in [0.29, 0.717) is 6.04 Å². The molecule has 20 heavy (non-hydrogen) atoms. The summed E-state index contributed by atoms with van der Waals surface area (Å²) in [6.45, 7) is 6.34. The first kappa shape index (κ1) is 13.3. The van der Waals surface area contributed by atoms with E-state index in [1.54, 1.807) is 0 Å². The van der Waals surface area contributed by atoms with Crippen molar-refractivity contribution in [1.29, 1.82) is 0 Å². The van der Waals surface area contributed by atoms with Gasteiger partial charge in [-0.3, -0.25) is 9.88 Å². The minimum atomic E-state index is 0.432. The van der Waals surface area contributed by atoms with Gasteiger partial charge in [0.05, 0.1) is 0 Å². The van der Waals surface area contributed by atoms with Gasteiger partial charge in [0.25, 0.3) is 0 Å². The van der Waals surface area contributed by atoms with Crippen molar-refractivity contribution in [3.05, 3.63) is 65.5 Å². The summed E-state index contributed by atoms with van der Waals surface area (Å²) in [5, 5.41) is 3.61. The van der Waals surface area contributed by atoms with Crippen molar-refractivity contribution in [3.8, 4) is 0 Å². The zero-order valence-corrected chi connectivity index (χ0v) is 11.9. The fourth-order valence-electron chi connectivity index (χ4n) is 2.77. The summed E-state index contributed by atoms with van der Waals surface area (Å²) in [6.07, 6.45) is 3.86. The molecule has 104 valence electrons. The van der Waals surface area contributed by atoms with Crippen molar-refractivity contribution >= 4 is 0 Å². The van der Waals surface area contributed by atoms with E-state index in [2.05, 4.69) is 58.5 Å². The van der Waals surface area contributed by atoms with Crippen molar-refractivity contribution in [3.63, 3.8) is 0 Å². The molecular formula is C17H21N3. The first-order chi connectivity index (χ1) is 9.83. The van der Waals surface area contributed by atoms with E-state index in [4.69, 9.17) is 0 Å². The molecule has 1 fully saturated rings. The molecule has 1 aliphatic heterocycles. The molecule has 2 heterocycles. The van der Waals surface area contributed by atoms with Crippen LogP contribution < -0.4 is 5.32 Å². The van der Waals surface area contributed by atoms with Crippen LogP contribution in [-0.2, 0) is 6.54 Å². The number of rotatable bonds is 3. The lowest BCUT2D eigenvalue weighted by atomic mass is 10.0. The molecule has 1 atom stereocenters. The summed E-state index contributed by atoms with van der Waals surface area (Å²) in [4.78, 5) is 6.76. The van der Waals surface area contributed by atoms with Crippen LogP contribution in [0.2, 0.25) is 0 Å². The van der Waals surface area contributed by atoms with Crippen LogP contribution in [0.25, 0.3) is 0 Å². The van der Waals surface area contributed by atoms with Crippen molar-refractivity contribution < 1.29 is 0 Å². The van der Waals surface area contributed by atoms with Gasteiger partial charge in [0.1, 0.15) is 0 Å². The molecule has 0 aliphatic carbocycles. The molecule has 1 unspecified atom stereocenters. The van der Waals surface area contributed by atoms with E-state index < -0.39 is 0 Å². The summed E-state index contributed by atoms with van der Waals surface area (Å²) in [5.74, 6) is 0. The Bertz CT molecular complexity index is 553. The Hall–Kier alpha value is -1.71. The highest BCUT2D eigenvalue weighted by Crippen LogP contribution is 2.19. The molecule has 2 aromatic rings. The van der Waals surface area contributed by atoms with Crippen LogP contribution in [0.3, 0.4) is 0 Å². The van der Waals surface area contributed by atoms with E-state index in [9.17, 15) is 0 Å². The van der Waals surface area contributed by atoms with Gasteiger partial charge >= 0.3 is 0 Å². The Morgan fingerprint density at radius 2 is 2.10 bits per heavy atom. The minimum Gasteiger partial charge on any atom is -0.308 e. The van der Waals surface area contributed by atoms with Gasteiger partial charge in [-0.15, -0.1) is 0 Å². The van der Waals surface area contributed by atoms with Crippen LogP contribution in [-0.4, -0.2) is 29.5 Å². The molecule has 1 aromatic heterocycles. The van der Waals surface area contributed by atoms with E-state index in [1.807, 2.05) is 12.4 Å². The first-order valence-electron chi connectivity index (χ1n) is 7.23. The van der Waals surface area contributed by atoms with Crippen LogP contribution in [0.1, 0.15) is 22.7 Å². The number of nitrogens with one attached hydrogen (secondary N) is 1. The molecule has 1 N–H and O–H groups in total. The Morgan fingerprint density at radius 1 is 1.25 bits per heavy atom. The number of aryl methyl sites for hydroxylation is 1. The number of piperazine rings is 1.